The molecule has 3 rings (SSSR count). The summed E-state index contributed by atoms with van der Waals surface area (Å²) in [7, 11) is 2.15. The molecule has 1 aromatic heterocycles. The molecule has 0 unspecified atom stereocenters. The number of nitriles is 1. The smallest absolute Gasteiger partial charge is 0.128 e. The topological polar surface area (TPSA) is 54.1 Å². The highest BCUT2D eigenvalue weighted by Gasteiger charge is 2.23. The Bertz CT molecular complexity index is 946. The van der Waals surface area contributed by atoms with Crippen molar-refractivity contribution in [2.75, 3.05) is 26.7 Å². The van der Waals surface area contributed by atoms with Crippen molar-refractivity contribution >= 4 is 11.6 Å². The lowest BCUT2D eigenvalue weighted by Gasteiger charge is -2.29. The van der Waals surface area contributed by atoms with Gasteiger partial charge in [0.2, 0.25) is 0 Å². The van der Waals surface area contributed by atoms with Crippen molar-refractivity contribution < 1.29 is 4.74 Å². The summed E-state index contributed by atoms with van der Waals surface area (Å²) in [6.45, 7) is 12.7. The third kappa shape index (κ3) is 3.88. The third-order valence-electron chi connectivity index (χ3n) is 5.20. The normalized spacial score (nSPS) is 15.0. The zero-order valence-electron chi connectivity index (χ0n) is 17.2. The molecule has 0 radical (unpaired) electrons. The first-order chi connectivity index (χ1) is 13.5. The van der Waals surface area contributed by atoms with Gasteiger partial charge in [0.1, 0.15) is 12.4 Å². The van der Waals surface area contributed by atoms with Gasteiger partial charge in [-0.05, 0) is 63.1 Å². The Morgan fingerprint density at radius 3 is 2.86 bits per heavy atom. The van der Waals surface area contributed by atoms with Crippen LogP contribution in [0.2, 0.25) is 0 Å². The summed E-state index contributed by atoms with van der Waals surface area (Å²) >= 11 is 0. The Morgan fingerprint density at radius 1 is 1.39 bits per heavy atom. The van der Waals surface area contributed by atoms with E-state index in [0.29, 0.717) is 24.0 Å². The van der Waals surface area contributed by atoms with E-state index in [1.54, 1.807) is 12.1 Å². The van der Waals surface area contributed by atoms with Crippen molar-refractivity contribution in [3.05, 3.63) is 58.9 Å². The average molecular weight is 377 g/mol. The number of aromatic nitrogens is 2. The first-order valence-corrected chi connectivity index (χ1v) is 9.68. The van der Waals surface area contributed by atoms with Gasteiger partial charge in [-0.15, -0.1) is 0 Å². The lowest BCUT2D eigenvalue weighted by Crippen LogP contribution is -2.30. The van der Waals surface area contributed by atoms with Crippen LogP contribution >= 0.6 is 0 Å². The lowest BCUT2D eigenvalue weighted by atomic mass is 9.96. The molecule has 0 atom stereocenters. The minimum Gasteiger partial charge on any atom is -0.489 e. The highest BCUT2D eigenvalue weighted by Crippen LogP contribution is 2.31. The van der Waals surface area contributed by atoms with Gasteiger partial charge in [-0.2, -0.15) is 10.4 Å². The minimum atomic E-state index is 0.297. The highest BCUT2D eigenvalue weighted by molar-refractivity contribution is 5.71. The molecular weight excluding hydrogens is 348 g/mol. The number of nitrogens with zero attached hydrogens (tertiary/aromatic N) is 4. The second-order valence-electron chi connectivity index (χ2n) is 7.61. The van der Waals surface area contributed by atoms with Crippen molar-refractivity contribution in [3.63, 3.8) is 0 Å². The van der Waals surface area contributed by atoms with E-state index in [-0.39, 0.29) is 0 Å². The summed E-state index contributed by atoms with van der Waals surface area (Å²) < 4.78 is 8.29. The van der Waals surface area contributed by atoms with Crippen molar-refractivity contribution in [3.8, 4) is 11.8 Å². The zero-order chi connectivity index (χ0) is 20.3. The molecule has 5 nitrogen and oxygen atoms in total. The molecular formula is C23H28N4O. The summed E-state index contributed by atoms with van der Waals surface area (Å²) in [5, 5.41) is 13.9. The average Bonchev–Trinajstić information content (AvgIpc) is 3.08. The van der Waals surface area contributed by atoms with Crippen LogP contribution in [0.25, 0.3) is 11.6 Å². The molecule has 0 amide bonds. The second kappa shape index (κ2) is 8.45. The van der Waals surface area contributed by atoms with Gasteiger partial charge in [0.25, 0.3) is 0 Å². The summed E-state index contributed by atoms with van der Waals surface area (Å²) in [6.07, 6.45) is 4.59. The molecule has 1 aliphatic rings. The van der Waals surface area contributed by atoms with Gasteiger partial charge in [0.05, 0.1) is 23.5 Å². The van der Waals surface area contributed by atoms with Crippen LogP contribution in [0.5, 0.6) is 5.75 Å². The Labute approximate surface area is 167 Å². The Kier molecular flexibility index (Phi) is 6.01. The van der Waals surface area contributed by atoms with E-state index in [2.05, 4.69) is 55.1 Å². The van der Waals surface area contributed by atoms with E-state index in [4.69, 9.17) is 4.74 Å². The van der Waals surface area contributed by atoms with Gasteiger partial charge in [-0.3, -0.25) is 4.68 Å². The fourth-order valence-electron chi connectivity index (χ4n) is 3.70. The number of ether oxygens (including phenoxy) is 1. The Balaban J connectivity index is 1.97. The van der Waals surface area contributed by atoms with E-state index in [0.717, 1.165) is 25.1 Å². The quantitative estimate of drug-likeness (QED) is 0.747. The number of hydrogen-bond acceptors (Lipinski definition) is 4. The number of likely N-dealkylation sites (N-methyl/N-ethyl adjacent to an activating group) is 1. The molecule has 1 aromatic carbocycles. The van der Waals surface area contributed by atoms with E-state index in [9.17, 15) is 5.26 Å². The van der Waals surface area contributed by atoms with Crippen molar-refractivity contribution in [2.45, 2.75) is 33.2 Å². The van der Waals surface area contributed by atoms with Crippen LogP contribution in [-0.4, -0.2) is 41.4 Å². The maximum Gasteiger partial charge on any atom is 0.128 e. The van der Waals surface area contributed by atoms with Crippen molar-refractivity contribution in [1.29, 1.82) is 5.26 Å². The molecule has 0 spiro atoms. The first-order valence-electron chi connectivity index (χ1n) is 9.68. The molecule has 2 aromatic rings. The summed E-state index contributed by atoms with van der Waals surface area (Å²) in [5.74, 6) is 0.703. The van der Waals surface area contributed by atoms with Crippen LogP contribution in [0.4, 0.5) is 0 Å². The fraction of sp³-hybridized carbons (Fsp3) is 0.391. The molecule has 0 N–H and O–H groups in total. The zero-order valence-corrected chi connectivity index (χ0v) is 17.2. The van der Waals surface area contributed by atoms with Crippen LogP contribution < -0.4 is 4.74 Å². The molecule has 0 saturated heterocycles. The number of aryl methyl sites for hydroxylation is 1. The summed E-state index contributed by atoms with van der Waals surface area (Å²) in [6, 6.07) is 8.04. The Hall–Kier alpha value is -2.84. The third-order valence-corrected chi connectivity index (χ3v) is 5.20. The standard InChI is InChI=1S/C23H28N4O/c1-6-20-18(12-24)8-7-9-22(20)28-15-19-10-11-26(5)14-21(19)23-17(4)13-25-27(23)16(2)3/h6-9,13,16H,1,10-11,14-15H2,2-5H3. The van der Waals surface area contributed by atoms with Gasteiger partial charge in [-0.25, -0.2) is 0 Å². The van der Waals surface area contributed by atoms with Crippen molar-refractivity contribution in [1.82, 2.24) is 14.7 Å². The van der Waals surface area contributed by atoms with Gasteiger partial charge < -0.3 is 9.64 Å². The van der Waals surface area contributed by atoms with Crippen LogP contribution in [0.1, 0.15) is 48.7 Å². The molecule has 0 saturated carbocycles. The van der Waals surface area contributed by atoms with E-state index in [1.165, 1.54) is 22.4 Å². The van der Waals surface area contributed by atoms with Gasteiger partial charge in [0, 0.05) is 24.7 Å². The molecule has 28 heavy (non-hydrogen) atoms. The van der Waals surface area contributed by atoms with Gasteiger partial charge >= 0.3 is 0 Å². The number of rotatable bonds is 6. The SMILES string of the molecule is C=Cc1c(C#N)cccc1OCC1=C(c2c(C)cnn2C(C)C)CN(C)CC1. The Morgan fingerprint density at radius 2 is 2.18 bits per heavy atom. The maximum atomic E-state index is 9.32. The molecule has 2 heterocycles. The molecule has 5 heteroatoms. The lowest BCUT2D eigenvalue weighted by molar-refractivity contribution is 0.317. The van der Waals surface area contributed by atoms with E-state index >= 15 is 0 Å². The van der Waals surface area contributed by atoms with Crippen LogP contribution in [0.3, 0.4) is 0 Å². The maximum absolute atomic E-state index is 9.32. The fourth-order valence-corrected chi connectivity index (χ4v) is 3.70. The van der Waals surface area contributed by atoms with E-state index < -0.39 is 0 Å². The second-order valence-corrected chi connectivity index (χ2v) is 7.61. The number of hydrogen-bond donors (Lipinski definition) is 0. The monoisotopic (exact) mass is 376 g/mol. The molecule has 1 aliphatic heterocycles. The first kappa shape index (κ1) is 19.9. The van der Waals surface area contributed by atoms with E-state index in [1.807, 2.05) is 18.3 Å². The van der Waals surface area contributed by atoms with Crippen LogP contribution in [-0.2, 0) is 0 Å². The predicted molar refractivity (Wildman–Crippen MR) is 113 cm³/mol. The largest absolute Gasteiger partial charge is 0.489 e. The molecule has 0 fully saturated rings. The van der Waals surface area contributed by atoms with Crippen molar-refractivity contribution in [2.24, 2.45) is 0 Å². The highest BCUT2D eigenvalue weighted by atomic mass is 16.5. The molecule has 146 valence electrons. The number of benzene rings is 1. The minimum absolute atomic E-state index is 0.297. The van der Waals surface area contributed by atoms with Crippen LogP contribution in [0.15, 0.2) is 36.5 Å². The molecule has 0 aliphatic carbocycles. The molecule has 0 bridgehead atoms. The summed E-state index contributed by atoms with van der Waals surface area (Å²) in [5.41, 5.74) is 6.32. The van der Waals surface area contributed by atoms with Crippen LogP contribution in [0, 0.1) is 18.3 Å². The summed E-state index contributed by atoms with van der Waals surface area (Å²) in [4.78, 5) is 2.33. The van der Waals surface area contributed by atoms with Gasteiger partial charge in [0.15, 0.2) is 0 Å². The van der Waals surface area contributed by atoms with Gasteiger partial charge in [-0.1, -0.05) is 18.7 Å². The predicted octanol–water partition coefficient (Wildman–Crippen LogP) is 4.46.